The number of rotatable bonds is 3. The fourth-order valence-electron chi connectivity index (χ4n) is 3.34. The van der Waals surface area contributed by atoms with Gasteiger partial charge in [-0.2, -0.15) is 5.10 Å². The summed E-state index contributed by atoms with van der Waals surface area (Å²) < 4.78 is 8.40. The third-order valence-electron chi connectivity index (χ3n) is 4.68. The van der Waals surface area contributed by atoms with Gasteiger partial charge >= 0.3 is 5.97 Å². The molecule has 144 valence electrons. The molecule has 3 aromatic heterocycles. The van der Waals surface area contributed by atoms with Crippen molar-refractivity contribution in [2.75, 3.05) is 13.7 Å². The minimum absolute atomic E-state index is 0.00718. The van der Waals surface area contributed by atoms with Gasteiger partial charge in [0.05, 0.1) is 37.0 Å². The Morgan fingerprint density at radius 3 is 2.68 bits per heavy atom. The van der Waals surface area contributed by atoms with Gasteiger partial charge in [-0.05, 0) is 19.1 Å². The second kappa shape index (κ2) is 6.87. The normalized spacial score (nSPS) is 16.0. The summed E-state index contributed by atoms with van der Waals surface area (Å²) in [5.74, 6) is 0.731. The first-order valence-electron chi connectivity index (χ1n) is 8.74. The molecule has 0 saturated carbocycles. The van der Waals surface area contributed by atoms with Gasteiger partial charge in [0.15, 0.2) is 11.6 Å². The van der Waals surface area contributed by atoms with Crippen molar-refractivity contribution in [1.29, 1.82) is 0 Å². The van der Waals surface area contributed by atoms with E-state index in [1.165, 1.54) is 25.4 Å². The van der Waals surface area contributed by atoms with Gasteiger partial charge in [-0.25, -0.2) is 4.79 Å². The molecule has 3 aromatic rings. The summed E-state index contributed by atoms with van der Waals surface area (Å²) in [5, 5.41) is 12.7. The number of methoxy groups -OCH3 is 1. The molecule has 0 saturated heterocycles. The highest BCUT2D eigenvalue weighted by Gasteiger charge is 2.30. The van der Waals surface area contributed by atoms with Crippen LogP contribution in [0.1, 0.15) is 39.6 Å². The van der Waals surface area contributed by atoms with Crippen LogP contribution in [0.25, 0.3) is 11.4 Å². The van der Waals surface area contributed by atoms with Crippen molar-refractivity contribution in [3.8, 4) is 11.4 Å². The lowest BCUT2D eigenvalue weighted by Gasteiger charge is -2.32. The van der Waals surface area contributed by atoms with E-state index in [4.69, 9.17) is 0 Å². The van der Waals surface area contributed by atoms with Gasteiger partial charge in [-0.3, -0.25) is 14.5 Å². The number of hydrogen-bond acceptors (Lipinski definition) is 7. The average molecular weight is 381 g/mol. The number of ether oxygens (including phenoxy) is 1. The van der Waals surface area contributed by atoms with E-state index in [1.807, 2.05) is 24.7 Å². The van der Waals surface area contributed by atoms with Crippen molar-refractivity contribution in [1.82, 2.24) is 34.4 Å². The van der Waals surface area contributed by atoms with E-state index in [0.717, 1.165) is 11.4 Å². The summed E-state index contributed by atoms with van der Waals surface area (Å²) in [6.45, 7) is 2.84. The molecule has 4 rings (SSSR count). The number of hydrogen-bond donors (Lipinski definition) is 0. The SMILES string of the molecule is COC(=O)c1ccc(C(=O)N2Cc3nnc(-c4cnn(C)c4)n3[C@@H](C)C2)nc1. The van der Waals surface area contributed by atoms with Crippen molar-refractivity contribution in [3.63, 3.8) is 0 Å². The summed E-state index contributed by atoms with van der Waals surface area (Å²) >= 11 is 0. The molecule has 0 aliphatic carbocycles. The lowest BCUT2D eigenvalue weighted by atomic mass is 10.2. The maximum atomic E-state index is 12.9. The van der Waals surface area contributed by atoms with E-state index >= 15 is 0 Å². The van der Waals surface area contributed by atoms with Crippen LogP contribution in [0.2, 0.25) is 0 Å². The fraction of sp³-hybridized carbons (Fsp3) is 0.333. The van der Waals surface area contributed by atoms with Gasteiger partial charge in [0.2, 0.25) is 0 Å². The number of nitrogens with zero attached hydrogens (tertiary/aromatic N) is 7. The smallest absolute Gasteiger partial charge is 0.339 e. The van der Waals surface area contributed by atoms with Gasteiger partial charge in [0, 0.05) is 26.0 Å². The average Bonchev–Trinajstić information content (AvgIpc) is 3.33. The van der Waals surface area contributed by atoms with E-state index in [9.17, 15) is 9.59 Å². The predicted molar refractivity (Wildman–Crippen MR) is 97.3 cm³/mol. The summed E-state index contributed by atoms with van der Waals surface area (Å²) in [7, 11) is 3.14. The molecule has 10 nitrogen and oxygen atoms in total. The Hall–Kier alpha value is -3.56. The zero-order valence-corrected chi connectivity index (χ0v) is 15.7. The summed E-state index contributed by atoms with van der Waals surface area (Å²) in [4.78, 5) is 30.2. The molecule has 10 heteroatoms. The third kappa shape index (κ3) is 3.02. The number of carbonyl (C=O) groups excluding carboxylic acids is 2. The van der Waals surface area contributed by atoms with E-state index in [0.29, 0.717) is 24.5 Å². The van der Waals surface area contributed by atoms with Gasteiger partial charge in [-0.15, -0.1) is 10.2 Å². The Labute approximate surface area is 160 Å². The highest BCUT2D eigenvalue weighted by molar-refractivity contribution is 5.94. The minimum atomic E-state index is -0.492. The number of fused-ring (bicyclic) bond motifs is 1. The fourth-order valence-corrected chi connectivity index (χ4v) is 3.34. The summed E-state index contributed by atoms with van der Waals surface area (Å²) in [5.41, 5.74) is 1.44. The molecule has 0 spiro atoms. The number of pyridine rings is 1. The Balaban J connectivity index is 1.57. The van der Waals surface area contributed by atoms with E-state index in [1.54, 1.807) is 15.8 Å². The molecule has 0 radical (unpaired) electrons. The van der Waals surface area contributed by atoms with Crippen LogP contribution in [-0.4, -0.2) is 60.0 Å². The first-order valence-corrected chi connectivity index (χ1v) is 8.74. The number of aryl methyl sites for hydroxylation is 1. The molecule has 0 aromatic carbocycles. The quantitative estimate of drug-likeness (QED) is 0.625. The summed E-state index contributed by atoms with van der Waals surface area (Å²) in [6, 6.07) is 3.05. The Bertz CT molecular complexity index is 1040. The second-order valence-corrected chi connectivity index (χ2v) is 6.67. The summed E-state index contributed by atoms with van der Waals surface area (Å²) in [6.07, 6.45) is 4.97. The maximum absolute atomic E-state index is 12.9. The molecule has 1 aliphatic rings. The number of aromatic nitrogens is 6. The third-order valence-corrected chi connectivity index (χ3v) is 4.68. The molecule has 0 fully saturated rings. The Morgan fingerprint density at radius 2 is 2.04 bits per heavy atom. The standard InChI is InChI=1S/C18H19N7O3/c1-11-8-24(17(26)14-5-4-12(6-19-14)18(27)28-3)10-15-21-22-16(25(11)15)13-7-20-23(2)9-13/h4-7,9,11H,8,10H2,1-3H3/t11-/m0/s1. The molecular formula is C18H19N7O3. The van der Waals surface area contributed by atoms with Crippen molar-refractivity contribution in [2.24, 2.45) is 7.05 Å². The zero-order chi connectivity index (χ0) is 19.8. The first kappa shape index (κ1) is 17.8. The van der Waals surface area contributed by atoms with Crippen LogP contribution in [0.4, 0.5) is 0 Å². The lowest BCUT2D eigenvalue weighted by molar-refractivity contribution is 0.0598. The van der Waals surface area contributed by atoms with Crippen molar-refractivity contribution in [3.05, 3.63) is 47.8 Å². The molecule has 0 unspecified atom stereocenters. The molecule has 1 aliphatic heterocycles. The minimum Gasteiger partial charge on any atom is -0.465 e. The zero-order valence-electron chi connectivity index (χ0n) is 15.7. The van der Waals surface area contributed by atoms with Gasteiger partial charge in [-0.1, -0.05) is 0 Å². The van der Waals surface area contributed by atoms with Crippen molar-refractivity contribution in [2.45, 2.75) is 19.5 Å². The molecule has 1 atom stereocenters. The topological polar surface area (TPSA) is 108 Å². The molecule has 4 heterocycles. The Kier molecular flexibility index (Phi) is 4.38. The number of carbonyl (C=O) groups is 2. The van der Waals surface area contributed by atoms with Gasteiger partial charge in [0.25, 0.3) is 5.91 Å². The van der Waals surface area contributed by atoms with E-state index in [2.05, 4.69) is 25.0 Å². The van der Waals surface area contributed by atoms with Crippen molar-refractivity contribution >= 4 is 11.9 Å². The van der Waals surface area contributed by atoms with E-state index in [-0.39, 0.29) is 17.6 Å². The van der Waals surface area contributed by atoms with Crippen LogP contribution < -0.4 is 0 Å². The largest absolute Gasteiger partial charge is 0.465 e. The van der Waals surface area contributed by atoms with Crippen LogP contribution in [-0.2, 0) is 18.3 Å². The highest BCUT2D eigenvalue weighted by Crippen LogP contribution is 2.27. The van der Waals surface area contributed by atoms with Crippen molar-refractivity contribution < 1.29 is 14.3 Å². The van der Waals surface area contributed by atoms with Crippen LogP contribution in [0.5, 0.6) is 0 Å². The molecular weight excluding hydrogens is 362 g/mol. The van der Waals surface area contributed by atoms with Crippen LogP contribution in [0.3, 0.4) is 0 Å². The highest BCUT2D eigenvalue weighted by atomic mass is 16.5. The maximum Gasteiger partial charge on any atom is 0.339 e. The van der Waals surface area contributed by atoms with Gasteiger partial charge in [0.1, 0.15) is 5.69 Å². The molecule has 0 bridgehead atoms. The second-order valence-electron chi connectivity index (χ2n) is 6.67. The van der Waals surface area contributed by atoms with Crippen LogP contribution >= 0.6 is 0 Å². The van der Waals surface area contributed by atoms with Crippen LogP contribution in [0.15, 0.2) is 30.7 Å². The predicted octanol–water partition coefficient (Wildman–Crippen LogP) is 1.08. The van der Waals surface area contributed by atoms with Crippen LogP contribution in [0, 0.1) is 0 Å². The molecule has 0 N–H and O–H groups in total. The van der Waals surface area contributed by atoms with E-state index < -0.39 is 5.97 Å². The lowest BCUT2D eigenvalue weighted by Crippen LogP contribution is -2.40. The molecule has 28 heavy (non-hydrogen) atoms. The molecule has 1 amide bonds. The monoisotopic (exact) mass is 381 g/mol. The first-order chi connectivity index (χ1) is 13.5. The van der Waals surface area contributed by atoms with Gasteiger partial charge < -0.3 is 14.2 Å². The Morgan fingerprint density at radius 1 is 1.21 bits per heavy atom. The number of esters is 1. The number of amides is 1.